The lowest BCUT2D eigenvalue weighted by Crippen LogP contribution is -2.38. The van der Waals surface area contributed by atoms with E-state index in [1.54, 1.807) is 7.11 Å². The number of hydrogen-bond donors (Lipinski definition) is 3. The number of nitrogens with one attached hydrogen (secondary N) is 3. The maximum atomic E-state index is 11.9. The van der Waals surface area contributed by atoms with Crippen LogP contribution in [0.4, 0.5) is 0 Å². The van der Waals surface area contributed by atoms with Gasteiger partial charge in [0.2, 0.25) is 11.8 Å². The third kappa shape index (κ3) is 4.60. The molecule has 1 aromatic heterocycles. The third-order valence-electron chi connectivity index (χ3n) is 3.32. The zero-order valence-corrected chi connectivity index (χ0v) is 12.6. The molecule has 0 aliphatic carbocycles. The fraction of sp³-hybridized carbons (Fsp3) is 0.375. The Kier molecular flexibility index (Phi) is 5.97. The SMILES string of the molecule is COCCCNC(=O)CNC(=O)Cc1c[nH]c2ccccc12. The van der Waals surface area contributed by atoms with Crippen molar-refractivity contribution in [3.8, 4) is 0 Å². The molecule has 0 bridgehead atoms. The number of aromatic amines is 1. The molecule has 6 heteroatoms. The summed E-state index contributed by atoms with van der Waals surface area (Å²) in [4.78, 5) is 26.6. The second kappa shape index (κ2) is 8.19. The van der Waals surface area contributed by atoms with Crippen molar-refractivity contribution in [3.63, 3.8) is 0 Å². The molecule has 1 aromatic carbocycles. The van der Waals surface area contributed by atoms with Gasteiger partial charge in [-0.25, -0.2) is 0 Å². The number of para-hydroxylation sites is 1. The van der Waals surface area contributed by atoms with Gasteiger partial charge in [0.05, 0.1) is 13.0 Å². The molecule has 0 atom stereocenters. The predicted octanol–water partition coefficient (Wildman–Crippen LogP) is 0.979. The lowest BCUT2D eigenvalue weighted by Gasteiger charge is -2.06. The zero-order valence-electron chi connectivity index (χ0n) is 12.6. The molecule has 0 saturated heterocycles. The van der Waals surface area contributed by atoms with Crippen molar-refractivity contribution in [3.05, 3.63) is 36.0 Å². The van der Waals surface area contributed by atoms with Crippen molar-refractivity contribution in [2.24, 2.45) is 0 Å². The third-order valence-corrected chi connectivity index (χ3v) is 3.32. The number of hydrogen-bond acceptors (Lipinski definition) is 3. The van der Waals surface area contributed by atoms with Crippen molar-refractivity contribution in [1.82, 2.24) is 15.6 Å². The summed E-state index contributed by atoms with van der Waals surface area (Å²) in [7, 11) is 1.62. The highest BCUT2D eigenvalue weighted by atomic mass is 16.5. The maximum absolute atomic E-state index is 11.9. The number of aromatic nitrogens is 1. The first-order valence-electron chi connectivity index (χ1n) is 7.28. The fourth-order valence-electron chi connectivity index (χ4n) is 2.20. The standard InChI is InChI=1S/C16H21N3O3/c1-22-8-4-7-17-16(21)11-19-15(20)9-12-10-18-14-6-3-2-5-13(12)14/h2-3,5-6,10,18H,4,7-9,11H2,1H3,(H,17,21)(H,19,20). The minimum absolute atomic E-state index is 0.00578. The first-order chi connectivity index (χ1) is 10.7. The van der Waals surface area contributed by atoms with Crippen LogP contribution in [0.2, 0.25) is 0 Å². The second-order valence-electron chi connectivity index (χ2n) is 5.01. The topological polar surface area (TPSA) is 83.2 Å². The summed E-state index contributed by atoms with van der Waals surface area (Å²) in [5.74, 6) is -0.361. The van der Waals surface area contributed by atoms with Gasteiger partial charge >= 0.3 is 0 Å². The number of fused-ring (bicyclic) bond motifs is 1. The van der Waals surface area contributed by atoms with E-state index in [1.807, 2.05) is 30.5 Å². The lowest BCUT2D eigenvalue weighted by molar-refractivity contribution is -0.125. The Hall–Kier alpha value is -2.34. The molecule has 0 saturated carbocycles. The van der Waals surface area contributed by atoms with Crippen LogP contribution < -0.4 is 10.6 Å². The number of carbonyl (C=O) groups is 2. The molecule has 0 unspecified atom stereocenters. The van der Waals surface area contributed by atoms with Crippen LogP contribution in [0.5, 0.6) is 0 Å². The van der Waals surface area contributed by atoms with Gasteiger partial charge in [0.25, 0.3) is 0 Å². The average molecular weight is 303 g/mol. The van der Waals surface area contributed by atoms with Gasteiger partial charge in [-0.2, -0.15) is 0 Å². The first-order valence-corrected chi connectivity index (χ1v) is 7.28. The van der Waals surface area contributed by atoms with E-state index in [0.717, 1.165) is 22.9 Å². The summed E-state index contributed by atoms with van der Waals surface area (Å²) < 4.78 is 4.89. The molecule has 2 aromatic rings. The number of methoxy groups -OCH3 is 1. The minimum atomic E-state index is -0.191. The Morgan fingerprint density at radius 3 is 2.82 bits per heavy atom. The van der Waals surface area contributed by atoms with Gasteiger partial charge in [0.1, 0.15) is 0 Å². The van der Waals surface area contributed by atoms with E-state index in [4.69, 9.17) is 4.74 Å². The molecule has 6 nitrogen and oxygen atoms in total. The number of ether oxygens (including phenoxy) is 1. The maximum Gasteiger partial charge on any atom is 0.239 e. The van der Waals surface area contributed by atoms with Gasteiger partial charge in [-0.15, -0.1) is 0 Å². The number of rotatable bonds is 8. The average Bonchev–Trinajstić information content (AvgIpc) is 2.93. The smallest absolute Gasteiger partial charge is 0.239 e. The number of H-pyrrole nitrogens is 1. The van der Waals surface area contributed by atoms with Crippen LogP contribution in [-0.2, 0) is 20.7 Å². The normalized spacial score (nSPS) is 10.6. The van der Waals surface area contributed by atoms with E-state index in [9.17, 15) is 9.59 Å². The number of amides is 2. The van der Waals surface area contributed by atoms with Crippen LogP contribution in [-0.4, -0.2) is 43.6 Å². The van der Waals surface area contributed by atoms with Crippen molar-refractivity contribution in [2.75, 3.05) is 26.8 Å². The highest BCUT2D eigenvalue weighted by Crippen LogP contribution is 2.17. The van der Waals surface area contributed by atoms with Crippen LogP contribution in [0, 0.1) is 0 Å². The van der Waals surface area contributed by atoms with Crippen molar-refractivity contribution >= 4 is 22.7 Å². The van der Waals surface area contributed by atoms with Gasteiger partial charge < -0.3 is 20.4 Å². The van der Waals surface area contributed by atoms with E-state index in [0.29, 0.717) is 13.2 Å². The van der Waals surface area contributed by atoms with Crippen LogP contribution in [0.15, 0.2) is 30.5 Å². The molecule has 22 heavy (non-hydrogen) atoms. The predicted molar refractivity (Wildman–Crippen MR) is 84.5 cm³/mol. The molecule has 2 amide bonds. The van der Waals surface area contributed by atoms with E-state index in [2.05, 4.69) is 15.6 Å². The Morgan fingerprint density at radius 2 is 2.00 bits per heavy atom. The first kappa shape index (κ1) is 16.0. The van der Waals surface area contributed by atoms with Gasteiger partial charge in [-0.3, -0.25) is 9.59 Å². The summed E-state index contributed by atoms with van der Waals surface area (Å²) in [5.41, 5.74) is 1.93. The summed E-state index contributed by atoms with van der Waals surface area (Å²) in [5, 5.41) is 6.38. The summed E-state index contributed by atoms with van der Waals surface area (Å²) in [6.07, 6.45) is 2.83. The van der Waals surface area contributed by atoms with Gasteiger partial charge in [0.15, 0.2) is 0 Å². The van der Waals surface area contributed by atoms with Crippen LogP contribution in [0.3, 0.4) is 0 Å². The monoisotopic (exact) mass is 303 g/mol. The van der Waals surface area contributed by atoms with Crippen LogP contribution in [0.25, 0.3) is 10.9 Å². The molecule has 0 fully saturated rings. The summed E-state index contributed by atoms with van der Waals surface area (Å²) in [6.45, 7) is 1.15. The Morgan fingerprint density at radius 1 is 1.18 bits per heavy atom. The van der Waals surface area contributed by atoms with Gasteiger partial charge in [-0.05, 0) is 18.1 Å². The van der Waals surface area contributed by atoms with Gasteiger partial charge in [-0.1, -0.05) is 18.2 Å². The minimum Gasteiger partial charge on any atom is -0.385 e. The highest BCUT2D eigenvalue weighted by molar-refractivity contribution is 5.90. The van der Waals surface area contributed by atoms with E-state index < -0.39 is 0 Å². The van der Waals surface area contributed by atoms with E-state index in [1.165, 1.54) is 0 Å². The molecule has 0 radical (unpaired) electrons. The molecule has 3 N–H and O–H groups in total. The molecule has 118 valence electrons. The summed E-state index contributed by atoms with van der Waals surface area (Å²) in [6, 6.07) is 7.81. The van der Waals surface area contributed by atoms with Crippen molar-refractivity contribution in [2.45, 2.75) is 12.8 Å². The molecule has 0 aliphatic heterocycles. The highest BCUT2D eigenvalue weighted by Gasteiger charge is 2.09. The van der Waals surface area contributed by atoms with Crippen molar-refractivity contribution < 1.29 is 14.3 Å². The molecular formula is C16H21N3O3. The summed E-state index contributed by atoms with van der Waals surface area (Å²) >= 11 is 0. The zero-order chi connectivity index (χ0) is 15.8. The number of benzene rings is 1. The molecule has 0 spiro atoms. The lowest BCUT2D eigenvalue weighted by atomic mass is 10.1. The van der Waals surface area contributed by atoms with Crippen LogP contribution >= 0.6 is 0 Å². The number of carbonyl (C=O) groups excluding carboxylic acids is 2. The fourth-order valence-corrected chi connectivity index (χ4v) is 2.20. The Balaban J connectivity index is 1.75. The Bertz CT molecular complexity index is 636. The van der Waals surface area contributed by atoms with Crippen LogP contribution in [0.1, 0.15) is 12.0 Å². The van der Waals surface area contributed by atoms with E-state index in [-0.39, 0.29) is 24.8 Å². The molecule has 0 aliphatic rings. The molecule has 1 heterocycles. The van der Waals surface area contributed by atoms with Gasteiger partial charge in [0, 0.05) is 37.4 Å². The Labute approximate surface area is 129 Å². The van der Waals surface area contributed by atoms with Crippen molar-refractivity contribution in [1.29, 1.82) is 0 Å². The largest absolute Gasteiger partial charge is 0.385 e. The molecule has 2 rings (SSSR count). The quantitative estimate of drug-likeness (QED) is 0.636. The second-order valence-corrected chi connectivity index (χ2v) is 5.01. The van der Waals surface area contributed by atoms with E-state index >= 15 is 0 Å². The molecular weight excluding hydrogens is 282 g/mol.